The molecule has 0 saturated heterocycles. The molecular weight excluding hydrogens is 180 g/mol. The van der Waals surface area contributed by atoms with Gasteiger partial charge in [0.1, 0.15) is 0 Å². The second-order valence-corrected chi connectivity index (χ2v) is 5.64. The molecule has 15 heavy (non-hydrogen) atoms. The number of hydrogen-bond donors (Lipinski definition) is 0. The zero-order chi connectivity index (χ0) is 10.0. The first kappa shape index (κ1) is 8.15. The summed E-state index contributed by atoms with van der Waals surface area (Å²) in [6.45, 7) is 2.50. The van der Waals surface area contributed by atoms with Gasteiger partial charge in [0.15, 0.2) is 0 Å². The first-order valence-corrected chi connectivity index (χ1v) is 6.07. The topological polar surface area (TPSA) is 0 Å². The predicted molar refractivity (Wildman–Crippen MR) is 61.7 cm³/mol. The first-order chi connectivity index (χ1) is 7.30. The van der Waals surface area contributed by atoms with Crippen LogP contribution < -0.4 is 0 Å². The van der Waals surface area contributed by atoms with E-state index < -0.39 is 0 Å². The fraction of sp³-hybridized carbons (Fsp3) is 0.467. The molecule has 3 aliphatic carbocycles. The van der Waals surface area contributed by atoms with Crippen LogP contribution in [0.3, 0.4) is 0 Å². The Morgan fingerprint density at radius 3 is 3.00 bits per heavy atom. The van der Waals surface area contributed by atoms with E-state index in [1.165, 1.54) is 12.8 Å². The van der Waals surface area contributed by atoms with Crippen molar-refractivity contribution in [3.63, 3.8) is 0 Å². The van der Waals surface area contributed by atoms with Crippen molar-refractivity contribution in [2.75, 3.05) is 0 Å². The van der Waals surface area contributed by atoms with Gasteiger partial charge in [0.05, 0.1) is 0 Å². The average molecular weight is 196 g/mol. The van der Waals surface area contributed by atoms with Gasteiger partial charge in [-0.1, -0.05) is 43.3 Å². The number of benzene rings is 1. The summed E-state index contributed by atoms with van der Waals surface area (Å²) in [7, 11) is 0. The van der Waals surface area contributed by atoms with Crippen LogP contribution in [0.25, 0.3) is 0 Å². The maximum absolute atomic E-state index is 2.50. The van der Waals surface area contributed by atoms with Gasteiger partial charge in [0.25, 0.3) is 0 Å². The second kappa shape index (κ2) is 2.37. The molecular formula is C15H16. The van der Waals surface area contributed by atoms with Crippen LogP contribution in [0.2, 0.25) is 0 Å². The lowest BCUT2D eigenvalue weighted by atomic mass is 9.70. The molecule has 1 aromatic carbocycles. The largest absolute Gasteiger partial charge is 0.0848 e. The highest BCUT2D eigenvalue weighted by Gasteiger charge is 2.57. The summed E-state index contributed by atoms with van der Waals surface area (Å²) in [4.78, 5) is 0. The molecule has 4 unspecified atom stereocenters. The maximum Gasteiger partial charge on any atom is 0.00274 e. The van der Waals surface area contributed by atoms with Crippen LogP contribution in [0.5, 0.6) is 0 Å². The second-order valence-electron chi connectivity index (χ2n) is 5.64. The van der Waals surface area contributed by atoms with Crippen molar-refractivity contribution in [2.24, 2.45) is 17.8 Å². The quantitative estimate of drug-likeness (QED) is 0.558. The van der Waals surface area contributed by atoms with Crippen molar-refractivity contribution < 1.29 is 0 Å². The summed E-state index contributed by atoms with van der Waals surface area (Å²) in [5.74, 6) is 2.58. The van der Waals surface area contributed by atoms with Crippen molar-refractivity contribution in [3.05, 3.63) is 47.5 Å². The molecule has 3 aliphatic rings. The zero-order valence-electron chi connectivity index (χ0n) is 9.11. The third-order valence-corrected chi connectivity index (χ3v) is 5.21. The lowest BCUT2D eigenvalue weighted by molar-refractivity contribution is 0.298. The molecule has 0 heteroatoms. The van der Waals surface area contributed by atoms with Crippen LogP contribution in [-0.4, -0.2) is 0 Å². The van der Waals surface area contributed by atoms with Crippen molar-refractivity contribution >= 4 is 0 Å². The molecule has 4 atom stereocenters. The van der Waals surface area contributed by atoms with Gasteiger partial charge in [-0.15, -0.1) is 0 Å². The minimum Gasteiger partial charge on any atom is -0.0848 e. The molecule has 1 saturated carbocycles. The summed E-state index contributed by atoms with van der Waals surface area (Å²) in [5.41, 5.74) is 3.73. The number of hydrogen-bond acceptors (Lipinski definition) is 0. The van der Waals surface area contributed by atoms with Gasteiger partial charge in [-0.25, -0.2) is 0 Å². The molecule has 0 amide bonds. The lowest BCUT2D eigenvalue weighted by Crippen LogP contribution is -2.32. The molecule has 1 fully saturated rings. The van der Waals surface area contributed by atoms with Gasteiger partial charge >= 0.3 is 0 Å². The smallest absolute Gasteiger partial charge is 0.00274 e. The van der Waals surface area contributed by atoms with E-state index in [4.69, 9.17) is 0 Å². The Morgan fingerprint density at radius 2 is 2.07 bits per heavy atom. The van der Waals surface area contributed by atoms with E-state index in [0.29, 0.717) is 5.41 Å². The van der Waals surface area contributed by atoms with Gasteiger partial charge in [0.2, 0.25) is 0 Å². The van der Waals surface area contributed by atoms with E-state index in [1.54, 1.807) is 11.1 Å². The van der Waals surface area contributed by atoms with Crippen LogP contribution in [-0.2, 0) is 11.8 Å². The Bertz CT molecular complexity index is 457. The molecule has 0 N–H and O–H groups in total. The van der Waals surface area contributed by atoms with E-state index in [0.717, 1.165) is 17.8 Å². The van der Waals surface area contributed by atoms with Gasteiger partial charge in [-0.05, 0) is 41.7 Å². The van der Waals surface area contributed by atoms with Gasteiger partial charge in [-0.2, -0.15) is 0 Å². The lowest BCUT2D eigenvalue weighted by Gasteiger charge is -2.34. The molecule has 1 aromatic rings. The zero-order valence-corrected chi connectivity index (χ0v) is 9.11. The fourth-order valence-electron chi connectivity index (χ4n) is 4.41. The number of fused-ring (bicyclic) bond motifs is 7. The molecule has 0 aliphatic heterocycles. The predicted octanol–water partition coefficient (Wildman–Crippen LogP) is 3.32. The third-order valence-electron chi connectivity index (χ3n) is 5.21. The Balaban J connectivity index is 1.96. The summed E-state index contributed by atoms with van der Waals surface area (Å²) < 4.78 is 0. The minimum atomic E-state index is 0.468. The van der Waals surface area contributed by atoms with E-state index in [1.807, 2.05) is 0 Å². The maximum atomic E-state index is 2.50. The molecule has 0 radical (unpaired) electrons. The fourth-order valence-corrected chi connectivity index (χ4v) is 4.41. The Morgan fingerprint density at radius 1 is 1.20 bits per heavy atom. The van der Waals surface area contributed by atoms with Gasteiger partial charge in [0, 0.05) is 5.41 Å². The monoisotopic (exact) mass is 196 g/mol. The highest BCUT2D eigenvalue weighted by atomic mass is 14.6. The molecule has 2 bridgehead atoms. The summed E-state index contributed by atoms with van der Waals surface area (Å²) in [6.07, 6.45) is 7.68. The van der Waals surface area contributed by atoms with Crippen LogP contribution in [0.1, 0.15) is 24.5 Å². The standard InChI is InChI=1S/C15H16/c1-15-12-7-6-11(8-12)14(15)9-10-4-2-3-5-13(10)15/h2-7,11-12,14H,8-9H2,1H3. The molecule has 0 aromatic heterocycles. The summed E-state index contributed by atoms with van der Waals surface area (Å²) in [5, 5.41) is 0. The van der Waals surface area contributed by atoms with Crippen LogP contribution in [0.4, 0.5) is 0 Å². The van der Waals surface area contributed by atoms with E-state index in [-0.39, 0.29) is 0 Å². The van der Waals surface area contributed by atoms with Crippen LogP contribution in [0, 0.1) is 17.8 Å². The SMILES string of the molecule is CC12c3ccccc3CC1C1C=CC2C1. The van der Waals surface area contributed by atoms with Crippen molar-refractivity contribution in [1.82, 2.24) is 0 Å². The van der Waals surface area contributed by atoms with Crippen LogP contribution in [0.15, 0.2) is 36.4 Å². The Kier molecular flexibility index (Phi) is 1.29. The molecule has 4 rings (SSSR count). The molecule has 76 valence electrons. The van der Waals surface area contributed by atoms with Crippen LogP contribution >= 0.6 is 0 Å². The Hall–Kier alpha value is -1.04. The van der Waals surface area contributed by atoms with E-state index in [9.17, 15) is 0 Å². The van der Waals surface area contributed by atoms with Crippen molar-refractivity contribution in [2.45, 2.75) is 25.2 Å². The van der Waals surface area contributed by atoms with Crippen molar-refractivity contribution in [3.8, 4) is 0 Å². The van der Waals surface area contributed by atoms with Gasteiger partial charge < -0.3 is 0 Å². The Labute approximate surface area is 91.0 Å². The highest BCUT2D eigenvalue weighted by molar-refractivity contribution is 5.46. The third kappa shape index (κ3) is 0.770. The van der Waals surface area contributed by atoms with E-state index in [2.05, 4.69) is 43.3 Å². The van der Waals surface area contributed by atoms with Crippen molar-refractivity contribution in [1.29, 1.82) is 0 Å². The average Bonchev–Trinajstić information content (AvgIpc) is 2.88. The molecule has 0 spiro atoms. The highest BCUT2D eigenvalue weighted by Crippen LogP contribution is 2.61. The first-order valence-electron chi connectivity index (χ1n) is 6.07. The normalized spacial score (nSPS) is 44.5. The van der Waals surface area contributed by atoms with Gasteiger partial charge in [-0.3, -0.25) is 0 Å². The summed E-state index contributed by atoms with van der Waals surface area (Å²) >= 11 is 0. The molecule has 0 nitrogen and oxygen atoms in total. The molecule has 0 heterocycles. The minimum absolute atomic E-state index is 0.468. The van der Waals surface area contributed by atoms with E-state index >= 15 is 0 Å². The summed E-state index contributed by atoms with van der Waals surface area (Å²) in [6, 6.07) is 9.10. The number of rotatable bonds is 0. The number of allylic oxidation sites excluding steroid dienone is 2.